The van der Waals surface area contributed by atoms with Gasteiger partial charge in [-0.15, -0.1) is 11.8 Å². The van der Waals surface area contributed by atoms with Crippen LogP contribution < -0.4 is 10.2 Å². The molecule has 0 saturated carbocycles. The molecule has 1 aromatic heterocycles. The van der Waals surface area contributed by atoms with Crippen LogP contribution in [0.4, 0.5) is 5.82 Å². The van der Waals surface area contributed by atoms with E-state index in [1.807, 2.05) is 13.0 Å². The third kappa shape index (κ3) is 6.39. The van der Waals surface area contributed by atoms with Gasteiger partial charge in [-0.1, -0.05) is 34.1 Å². The van der Waals surface area contributed by atoms with E-state index in [4.69, 9.17) is 9.72 Å². The number of ether oxygens (including phenoxy) is 1. The molecule has 0 aliphatic carbocycles. The Morgan fingerprint density at radius 2 is 2.04 bits per heavy atom. The maximum atomic E-state index is 12.8. The highest BCUT2D eigenvalue weighted by Crippen LogP contribution is 2.28. The van der Waals surface area contributed by atoms with Gasteiger partial charge in [0.05, 0.1) is 18.8 Å². The molecule has 2 rings (SSSR count). The van der Waals surface area contributed by atoms with Crippen molar-refractivity contribution in [3.05, 3.63) is 17.2 Å². The summed E-state index contributed by atoms with van der Waals surface area (Å²) in [7, 11) is 0. The summed E-state index contributed by atoms with van der Waals surface area (Å²) in [6.45, 7) is 14.8. The number of anilines is 1. The van der Waals surface area contributed by atoms with Crippen molar-refractivity contribution >= 4 is 23.5 Å². The number of hydrogen-bond donors (Lipinski definition) is 1. The van der Waals surface area contributed by atoms with E-state index in [0.29, 0.717) is 12.0 Å². The topological polar surface area (TPSA) is 54.5 Å². The molecular weight excluding hydrogens is 358 g/mol. The lowest BCUT2D eigenvalue weighted by molar-refractivity contribution is 0.0946. The number of amides is 1. The number of thioether (sulfide) groups is 1. The van der Waals surface area contributed by atoms with Gasteiger partial charge in [0.1, 0.15) is 10.8 Å². The maximum absolute atomic E-state index is 12.8. The Morgan fingerprint density at radius 3 is 2.67 bits per heavy atom. The van der Waals surface area contributed by atoms with Gasteiger partial charge < -0.3 is 15.0 Å². The van der Waals surface area contributed by atoms with E-state index in [1.54, 1.807) is 11.8 Å². The number of carbonyl (C=O) groups is 1. The van der Waals surface area contributed by atoms with Crippen LogP contribution in [0.25, 0.3) is 0 Å². The van der Waals surface area contributed by atoms with E-state index in [2.05, 4.69) is 37.9 Å². The third-order valence-corrected chi connectivity index (χ3v) is 6.14. The van der Waals surface area contributed by atoms with Crippen molar-refractivity contribution in [2.24, 2.45) is 5.41 Å². The highest BCUT2D eigenvalue weighted by atomic mass is 32.2. The molecule has 0 bridgehead atoms. The molecule has 1 N–H and O–H groups in total. The Balaban J connectivity index is 2.08. The summed E-state index contributed by atoms with van der Waals surface area (Å²) in [5.74, 6) is 1.84. The summed E-state index contributed by atoms with van der Waals surface area (Å²) in [6, 6.07) is 2.04. The van der Waals surface area contributed by atoms with Gasteiger partial charge in [0.2, 0.25) is 0 Å². The van der Waals surface area contributed by atoms with Crippen LogP contribution in [0, 0.1) is 12.3 Å². The Morgan fingerprint density at radius 1 is 1.33 bits per heavy atom. The summed E-state index contributed by atoms with van der Waals surface area (Å²) < 4.78 is 5.44. The van der Waals surface area contributed by atoms with Crippen molar-refractivity contribution in [2.75, 3.05) is 43.5 Å². The van der Waals surface area contributed by atoms with Crippen molar-refractivity contribution in [1.82, 2.24) is 10.3 Å². The van der Waals surface area contributed by atoms with Crippen LogP contribution in [0.2, 0.25) is 0 Å². The monoisotopic (exact) mass is 393 g/mol. The molecule has 1 aromatic rings. The number of nitrogens with one attached hydrogen (secondary N) is 1. The number of aryl methyl sites for hydroxylation is 1. The van der Waals surface area contributed by atoms with Gasteiger partial charge >= 0.3 is 0 Å². The van der Waals surface area contributed by atoms with Crippen LogP contribution in [-0.4, -0.2) is 49.5 Å². The molecule has 2 heterocycles. The Kier molecular flexibility index (Phi) is 8.42. The van der Waals surface area contributed by atoms with Gasteiger partial charge in [0.15, 0.2) is 0 Å². The summed E-state index contributed by atoms with van der Waals surface area (Å²) in [5, 5.41) is 3.95. The summed E-state index contributed by atoms with van der Waals surface area (Å²) in [6.07, 6.45) is 3.28. The smallest absolute Gasteiger partial charge is 0.254 e. The quantitative estimate of drug-likeness (QED) is 0.501. The fraction of sp³-hybridized carbons (Fsp3) is 0.714. The Bertz CT molecular complexity index is 628. The Labute approximate surface area is 168 Å². The largest absolute Gasteiger partial charge is 0.378 e. The van der Waals surface area contributed by atoms with Gasteiger partial charge in [-0.25, -0.2) is 4.98 Å². The van der Waals surface area contributed by atoms with Gasteiger partial charge in [0, 0.05) is 19.6 Å². The third-order valence-electron chi connectivity index (χ3n) is 5.29. The zero-order valence-corrected chi connectivity index (χ0v) is 18.4. The minimum absolute atomic E-state index is 0.00113. The second kappa shape index (κ2) is 10.3. The van der Waals surface area contributed by atoms with Crippen LogP contribution in [0.5, 0.6) is 0 Å². The first-order valence-corrected chi connectivity index (χ1v) is 11.1. The molecule has 27 heavy (non-hydrogen) atoms. The standard InChI is InChI=1S/C21H35N3O2S/c1-6-21(4,5)9-8-10-22-19(25)18-16(3)15-17(23-20(18)27-7-2)24-11-13-26-14-12-24/h15H,6-14H2,1-5H3,(H,22,25). The Hall–Kier alpha value is -1.27. The van der Waals surface area contributed by atoms with Crippen LogP contribution in [0.1, 0.15) is 62.9 Å². The first kappa shape index (κ1) is 22.0. The molecule has 0 aromatic carbocycles. The second-order valence-corrected chi connectivity index (χ2v) is 9.14. The molecule has 6 heteroatoms. The molecular formula is C21H35N3O2S. The predicted molar refractivity (Wildman–Crippen MR) is 114 cm³/mol. The molecule has 0 radical (unpaired) electrons. The van der Waals surface area contributed by atoms with Gasteiger partial charge in [-0.2, -0.15) is 0 Å². The summed E-state index contributed by atoms with van der Waals surface area (Å²) >= 11 is 1.64. The van der Waals surface area contributed by atoms with E-state index < -0.39 is 0 Å². The molecule has 1 aliphatic rings. The maximum Gasteiger partial charge on any atom is 0.254 e. The number of nitrogens with zero attached hydrogens (tertiary/aromatic N) is 2. The predicted octanol–water partition coefficient (Wildman–Crippen LogP) is 4.28. The lowest BCUT2D eigenvalue weighted by Crippen LogP contribution is -2.37. The lowest BCUT2D eigenvalue weighted by Gasteiger charge is -2.29. The fourth-order valence-electron chi connectivity index (χ4n) is 3.13. The lowest BCUT2D eigenvalue weighted by atomic mass is 9.85. The number of pyridine rings is 1. The van der Waals surface area contributed by atoms with Gasteiger partial charge in [-0.05, 0) is 42.6 Å². The summed E-state index contributed by atoms with van der Waals surface area (Å²) in [5.41, 5.74) is 2.06. The van der Waals surface area contributed by atoms with E-state index in [0.717, 1.165) is 73.3 Å². The van der Waals surface area contributed by atoms with Crippen molar-refractivity contribution in [2.45, 2.75) is 58.9 Å². The molecule has 0 atom stereocenters. The second-order valence-electron chi connectivity index (χ2n) is 7.89. The average Bonchev–Trinajstić information content (AvgIpc) is 2.66. The van der Waals surface area contributed by atoms with Gasteiger partial charge in [-0.3, -0.25) is 4.79 Å². The number of aromatic nitrogens is 1. The molecule has 0 spiro atoms. The fourth-order valence-corrected chi connectivity index (χ4v) is 3.96. The molecule has 152 valence electrons. The molecule has 1 amide bonds. The number of rotatable bonds is 9. The zero-order valence-electron chi connectivity index (χ0n) is 17.6. The van der Waals surface area contributed by atoms with E-state index >= 15 is 0 Å². The summed E-state index contributed by atoms with van der Waals surface area (Å²) in [4.78, 5) is 19.9. The van der Waals surface area contributed by atoms with Crippen LogP contribution in [-0.2, 0) is 4.74 Å². The molecule has 1 fully saturated rings. The first-order valence-electron chi connectivity index (χ1n) is 10.1. The van der Waals surface area contributed by atoms with E-state index in [-0.39, 0.29) is 5.91 Å². The number of hydrogen-bond acceptors (Lipinski definition) is 5. The van der Waals surface area contributed by atoms with Crippen molar-refractivity contribution in [3.8, 4) is 0 Å². The molecule has 1 saturated heterocycles. The van der Waals surface area contributed by atoms with E-state index in [9.17, 15) is 4.79 Å². The SMILES string of the molecule is CCSc1nc(N2CCOCC2)cc(C)c1C(=O)NCCCC(C)(C)CC. The van der Waals surface area contributed by atoms with Crippen LogP contribution in [0.3, 0.4) is 0 Å². The van der Waals surface area contributed by atoms with E-state index in [1.165, 1.54) is 0 Å². The zero-order chi connectivity index (χ0) is 19.9. The molecule has 5 nitrogen and oxygen atoms in total. The molecule has 0 unspecified atom stereocenters. The minimum Gasteiger partial charge on any atom is -0.378 e. The van der Waals surface area contributed by atoms with Crippen LogP contribution >= 0.6 is 11.8 Å². The normalized spacial score (nSPS) is 15.1. The number of carbonyl (C=O) groups excluding carboxylic acids is 1. The van der Waals surface area contributed by atoms with Crippen molar-refractivity contribution in [3.63, 3.8) is 0 Å². The van der Waals surface area contributed by atoms with Crippen molar-refractivity contribution < 1.29 is 9.53 Å². The average molecular weight is 394 g/mol. The number of morpholine rings is 1. The van der Waals surface area contributed by atoms with Crippen molar-refractivity contribution in [1.29, 1.82) is 0 Å². The highest BCUT2D eigenvalue weighted by molar-refractivity contribution is 7.99. The molecule has 1 aliphatic heterocycles. The van der Waals surface area contributed by atoms with Crippen LogP contribution in [0.15, 0.2) is 11.1 Å². The van der Waals surface area contributed by atoms with Gasteiger partial charge in [0.25, 0.3) is 5.91 Å². The minimum atomic E-state index is -0.00113. The first-order chi connectivity index (χ1) is 12.9. The highest BCUT2D eigenvalue weighted by Gasteiger charge is 2.21.